The van der Waals surface area contributed by atoms with Crippen molar-refractivity contribution in [3.8, 4) is 0 Å². The SMILES string of the molecule is C=CC(C)CCC(C)C(C)CCCC. The second-order valence-electron chi connectivity index (χ2n) is 4.89. The van der Waals surface area contributed by atoms with Crippen LogP contribution in [0.5, 0.6) is 0 Å². The second kappa shape index (κ2) is 8.08. The average Bonchev–Trinajstić information content (AvgIpc) is 2.21. The Kier molecular flexibility index (Phi) is 7.93. The zero-order valence-electron chi connectivity index (χ0n) is 10.6. The molecule has 84 valence electrons. The molecule has 0 saturated carbocycles. The molecule has 0 aliphatic heterocycles. The van der Waals surface area contributed by atoms with Gasteiger partial charge in [0, 0.05) is 0 Å². The molecule has 3 atom stereocenters. The molecule has 0 aromatic carbocycles. The molecule has 0 nitrogen and oxygen atoms in total. The van der Waals surface area contributed by atoms with Gasteiger partial charge in [-0.1, -0.05) is 53.0 Å². The van der Waals surface area contributed by atoms with Crippen LogP contribution >= 0.6 is 0 Å². The summed E-state index contributed by atoms with van der Waals surface area (Å²) in [6, 6.07) is 0. The van der Waals surface area contributed by atoms with E-state index in [1.165, 1.54) is 32.1 Å². The largest absolute Gasteiger partial charge is 0.103 e. The Labute approximate surface area is 90.8 Å². The summed E-state index contributed by atoms with van der Waals surface area (Å²) >= 11 is 0. The molecule has 0 aromatic rings. The molecule has 0 amide bonds. The molecule has 0 saturated heterocycles. The summed E-state index contributed by atoms with van der Waals surface area (Å²) in [5.41, 5.74) is 0. The summed E-state index contributed by atoms with van der Waals surface area (Å²) in [7, 11) is 0. The van der Waals surface area contributed by atoms with Crippen molar-refractivity contribution in [1.82, 2.24) is 0 Å². The van der Waals surface area contributed by atoms with E-state index in [2.05, 4.69) is 40.3 Å². The van der Waals surface area contributed by atoms with Gasteiger partial charge >= 0.3 is 0 Å². The van der Waals surface area contributed by atoms with Crippen LogP contribution in [0.4, 0.5) is 0 Å². The zero-order chi connectivity index (χ0) is 11.0. The third kappa shape index (κ3) is 6.23. The van der Waals surface area contributed by atoms with Gasteiger partial charge in [0.05, 0.1) is 0 Å². The van der Waals surface area contributed by atoms with E-state index in [9.17, 15) is 0 Å². The van der Waals surface area contributed by atoms with Gasteiger partial charge in [0.15, 0.2) is 0 Å². The fourth-order valence-corrected chi connectivity index (χ4v) is 1.74. The van der Waals surface area contributed by atoms with Crippen molar-refractivity contribution < 1.29 is 0 Å². The molecular weight excluding hydrogens is 168 g/mol. The Morgan fingerprint density at radius 1 is 1.00 bits per heavy atom. The van der Waals surface area contributed by atoms with Crippen molar-refractivity contribution in [3.05, 3.63) is 12.7 Å². The fraction of sp³-hybridized carbons (Fsp3) is 0.857. The normalized spacial score (nSPS) is 17.4. The summed E-state index contributed by atoms with van der Waals surface area (Å²) in [6.45, 7) is 13.2. The summed E-state index contributed by atoms with van der Waals surface area (Å²) < 4.78 is 0. The van der Waals surface area contributed by atoms with Gasteiger partial charge in [0.2, 0.25) is 0 Å². The van der Waals surface area contributed by atoms with E-state index in [4.69, 9.17) is 0 Å². The van der Waals surface area contributed by atoms with Crippen molar-refractivity contribution >= 4 is 0 Å². The molecule has 0 N–H and O–H groups in total. The lowest BCUT2D eigenvalue weighted by molar-refractivity contribution is 0.320. The Balaban J connectivity index is 3.60. The van der Waals surface area contributed by atoms with Gasteiger partial charge in [-0.15, -0.1) is 6.58 Å². The molecule has 0 aliphatic rings. The van der Waals surface area contributed by atoms with Crippen LogP contribution in [0.3, 0.4) is 0 Å². The molecule has 0 aromatic heterocycles. The highest BCUT2D eigenvalue weighted by Crippen LogP contribution is 2.24. The standard InChI is InChI=1S/C14H28/c1-6-8-9-13(4)14(5)11-10-12(3)7-2/h7,12-14H,2,6,8-11H2,1,3-5H3. The minimum absolute atomic E-state index is 0.691. The molecule has 14 heavy (non-hydrogen) atoms. The summed E-state index contributed by atoms with van der Waals surface area (Å²) in [6.07, 6.45) is 8.87. The lowest BCUT2D eigenvalue weighted by Crippen LogP contribution is -2.09. The van der Waals surface area contributed by atoms with Crippen LogP contribution in [0.2, 0.25) is 0 Å². The Morgan fingerprint density at radius 3 is 2.07 bits per heavy atom. The quantitative estimate of drug-likeness (QED) is 0.476. The van der Waals surface area contributed by atoms with Crippen LogP contribution in [0.1, 0.15) is 59.8 Å². The maximum atomic E-state index is 3.83. The summed E-state index contributed by atoms with van der Waals surface area (Å²) in [5.74, 6) is 2.46. The predicted octanol–water partition coefficient (Wildman–Crippen LogP) is 5.05. The number of hydrogen-bond donors (Lipinski definition) is 0. The first kappa shape index (κ1) is 13.7. The molecular formula is C14H28. The van der Waals surface area contributed by atoms with E-state index < -0.39 is 0 Å². The van der Waals surface area contributed by atoms with E-state index in [0.29, 0.717) is 5.92 Å². The van der Waals surface area contributed by atoms with E-state index in [1.54, 1.807) is 0 Å². The predicted molar refractivity (Wildman–Crippen MR) is 66.4 cm³/mol. The molecule has 0 heteroatoms. The monoisotopic (exact) mass is 196 g/mol. The average molecular weight is 196 g/mol. The first-order valence-electron chi connectivity index (χ1n) is 6.24. The van der Waals surface area contributed by atoms with Gasteiger partial charge in [0.25, 0.3) is 0 Å². The van der Waals surface area contributed by atoms with Crippen molar-refractivity contribution in [2.24, 2.45) is 17.8 Å². The van der Waals surface area contributed by atoms with Gasteiger partial charge in [-0.25, -0.2) is 0 Å². The molecule has 0 bridgehead atoms. The molecule has 0 rings (SSSR count). The van der Waals surface area contributed by atoms with Crippen molar-refractivity contribution in [3.63, 3.8) is 0 Å². The molecule has 0 radical (unpaired) electrons. The minimum Gasteiger partial charge on any atom is -0.103 e. The van der Waals surface area contributed by atoms with Crippen LogP contribution in [-0.4, -0.2) is 0 Å². The lowest BCUT2D eigenvalue weighted by Gasteiger charge is -2.20. The highest BCUT2D eigenvalue weighted by Gasteiger charge is 2.12. The molecule has 0 heterocycles. The van der Waals surface area contributed by atoms with E-state index in [1.807, 2.05) is 0 Å². The van der Waals surface area contributed by atoms with Gasteiger partial charge in [0.1, 0.15) is 0 Å². The van der Waals surface area contributed by atoms with Crippen molar-refractivity contribution in [1.29, 1.82) is 0 Å². The number of unbranched alkanes of at least 4 members (excludes halogenated alkanes) is 1. The van der Waals surface area contributed by atoms with E-state index in [-0.39, 0.29) is 0 Å². The van der Waals surface area contributed by atoms with E-state index >= 15 is 0 Å². The van der Waals surface area contributed by atoms with Crippen LogP contribution in [0.25, 0.3) is 0 Å². The highest BCUT2D eigenvalue weighted by atomic mass is 14.2. The van der Waals surface area contributed by atoms with Crippen molar-refractivity contribution in [2.75, 3.05) is 0 Å². The van der Waals surface area contributed by atoms with Gasteiger partial charge in [-0.05, 0) is 30.6 Å². The van der Waals surface area contributed by atoms with Crippen LogP contribution in [0.15, 0.2) is 12.7 Å². The Morgan fingerprint density at radius 2 is 1.57 bits per heavy atom. The van der Waals surface area contributed by atoms with Crippen LogP contribution in [0, 0.1) is 17.8 Å². The maximum absolute atomic E-state index is 3.83. The third-order valence-corrected chi connectivity index (χ3v) is 3.46. The van der Waals surface area contributed by atoms with Crippen LogP contribution in [-0.2, 0) is 0 Å². The lowest BCUT2D eigenvalue weighted by atomic mass is 9.86. The maximum Gasteiger partial charge on any atom is -0.0265 e. The first-order valence-corrected chi connectivity index (χ1v) is 6.24. The van der Waals surface area contributed by atoms with Crippen molar-refractivity contribution in [2.45, 2.75) is 59.8 Å². The van der Waals surface area contributed by atoms with Gasteiger partial charge in [-0.3, -0.25) is 0 Å². The molecule has 0 aliphatic carbocycles. The Hall–Kier alpha value is -0.260. The van der Waals surface area contributed by atoms with Gasteiger partial charge < -0.3 is 0 Å². The zero-order valence-corrected chi connectivity index (χ0v) is 10.6. The highest BCUT2D eigenvalue weighted by molar-refractivity contribution is 4.76. The smallest absolute Gasteiger partial charge is 0.0265 e. The topological polar surface area (TPSA) is 0 Å². The third-order valence-electron chi connectivity index (χ3n) is 3.46. The summed E-state index contributed by atoms with van der Waals surface area (Å²) in [4.78, 5) is 0. The molecule has 0 fully saturated rings. The molecule has 3 unspecified atom stereocenters. The number of rotatable bonds is 8. The molecule has 0 spiro atoms. The van der Waals surface area contributed by atoms with E-state index in [0.717, 1.165) is 11.8 Å². The summed E-state index contributed by atoms with van der Waals surface area (Å²) in [5, 5.41) is 0. The number of allylic oxidation sites excluding steroid dienone is 1. The fourth-order valence-electron chi connectivity index (χ4n) is 1.74. The van der Waals surface area contributed by atoms with Gasteiger partial charge in [-0.2, -0.15) is 0 Å². The second-order valence-corrected chi connectivity index (χ2v) is 4.89. The minimum atomic E-state index is 0.691. The Bertz CT molecular complexity index is 137. The first-order chi connectivity index (χ1) is 6.61. The van der Waals surface area contributed by atoms with Crippen LogP contribution < -0.4 is 0 Å². The number of hydrogen-bond acceptors (Lipinski definition) is 0.